The van der Waals surface area contributed by atoms with E-state index in [-0.39, 0.29) is 0 Å². The van der Waals surface area contributed by atoms with E-state index in [4.69, 9.17) is 4.74 Å². The Kier molecular flexibility index (Phi) is 5.96. The van der Waals surface area contributed by atoms with Gasteiger partial charge >= 0.3 is 0 Å². The van der Waals surface area contributed by atoms with Gasteiger partial charge in [-0.05, 0) is 66.9 Å². The summed E-state index contributed by atoms with van der Waals surface area (Å²) in [4.78, 5) is 7.78. The minimum atomic E-state index is 0.826. The zero-order valence-electron chi connectivity index (χ0n) is 16.9. The maximum absolute atomic E-state index is 5.34. The summed E-state index contributed by atoms with van der Waals surface area (Å²) >= 11 is 0. The fraction of sp³-hybridized carbons (Fsp3) is 0.565. The number of likely N-dealkylation sites (N-methyl/N-ethyl adjacent to an activating group) is 1. The number of piperidine rings is 1. The number of piperazine rings is 1. The van der Waals surface area contributed by atoms with E-state index in [1.165, 1.54) is 75.0 Å². The lowest BCUT2D eigenvalue weighted by Crippen LogP contribution is -2.48. The molecule has 2 aromatic carbocycles. The van der Waals surface area contributed by atoms with Crippen LogP contribution in [0.1, 0.15) is 18.4 Å². The molecule has 4 rings (SSSR count). The topological polar surface area (TPSA) is 19.0 Å². The van der Waals surface area contributed by atoms with E-state index in [0.717, 1.165) is 18.2 Å². The summed E-state index contributed by atoms with van der Waals surface area (Å²) in [5.74, 6) is 1.75. The second-order valence-electron chi connectivity index (χ2n) is 8.39. The van der Waals surface area contributed by atoms with Crippen LogP contribution in [-0.4, -0.2) is 74.7 Å². The van der Waals surface area contributed by atoms with Crippen molar-refractivity contribution < 1.29 is 4.74 Å². The van der Waals surface area contributed by atoms with E-state index < -0.39 is 0 Å². The summed E-state index contributed by atoms with van der Waals surface area (Å²) in [5.41, 5.74) is 1.42. The van der Waals surface area contributed by atoms with Crippen molar-refractivity contribution in [2.24, 2.45) is 5.92 Å². The monoisotopic (exact) mass is 367 g/mol. The summed E-state index contributed by atoms with van der Waals surface area (Å²) in [6, 6.07) is 13.2. The summed E-state index contributed by atoms with van der Waals surface area (Å²) in [7, 11) is 3.96. The molecule has 2 aromatic rings. The van der Waals surface area contributed by atoms with Crippen molar-refractivity contribution in [3.05, 3.63) is 42.0 Å². The molecule has 2 fully saturated rings. The van der Waals surface area contributed by atoms with Crippen molar-refractivity contribution in [1.29, 1.82) is 0 Å². The van der Waals surface area contributed by atoms with Crippen LogP contribution in [0, 0.1) is 5.92 Å². The Morgan fingerprint density at radius 3 is 2.52 bits per heavy atom. The zero-order chi connectivity index (χ0) is 18.6. The van der Waals surface area contributed by atoms with Gasteiger partial charge in [0.2, 0.25) is 0 Å². The lowest BCUT2D eigenvalue weighted by Gasteiger charge is -2.38. The Morgan fingerprint density at radius 2 is 1.70 bits per heavy atom. The van der Waals surface area contributed by atoms with E-state index in [0.29, 0.717) is 0 Å². The minimum Gasteiger partial charge on any atom is -0.497 e. The van der Waals surface area contributed by atoms with Gasteiger partial charge in [0.05, 0.1) is 7.11 Å². The van der Waals surface area contributed by atoms with Gasteiger partial charge < -0.3 is 14.5 Å². The van der Waals surface area contributed by atoms with Gasteiger partial charge in [0.15, 0.2) is 0 Å². The first-order valence-corrected chi connectivity index (χ1v) is 10.4. The highest BCUT2D eigenvalue weighted by atomic mass is 16.5. The molecule has 4 nitrogen and oxygen atoms in total. The Bertz CT molecular complexity index is 754. The molecule has 146 valence electrons. The predicted octanol–water partition coefficient (Wildman–Crippen LogP) is 3.31. The number of rotatable bonds is 5. The molecule has 0 aliphatic carbocycles. The van der Waals surface area contributed by atoms with Crippen molar-refractivity contribution in [3.8, 4) is 5.75 Å². The first-order valence-electron chi connectivity index (χ1n) is 10.4. The molecule has 0 unspecified atom stereocenters. The quantitative estimate of drug-likeness (QED) is 0.807. The highest BCUT2D eigenvalue weighted by Crippen LogP contribution is 2.24. The van der Waals surface area contributed by atoms with Crippen molar-refractivity contribution in [1.82, 2.24) is 14.7 Å². The molecule has 2 saturated heterocycles. The molecule has 27 heavy (non-hydrogen) atoms. The standard InChI is InChI=1S/C23H33N3O/c1-24-10-12-25(13-11-24)17-20-4-3-9-26(18-20)16-19-5-6-22-15-23(27-2)8-7-21(22)14-19/h5-8,14-15,20H,3-4,9-13,16-18H2,1-2H3/t20-/m0/s1. The Labute approximate surface area is 163 Å². The van der Waals surface area contributed by atoms with E-state index in [9.17, 15) is 0 Å². The molecule has 0 spiro atoms. The normalized spacial score (nSPS) is 23.0. The van der Waals surface area contributed by atoms with Gasteiger partial charge in [-0.15, -0.1) is 0 Å². The van der Waals surface area contributed by atoms with Gasteiger partial charge in [0.1, 0.15) is 5.75 Å². The molecule has 0 aromatic heterocycles. The fourth-order valence-electron chi connectivity index (χ4n) is 4.60. The summed E-state index contributed by atoms with van der Waals surface area (Å²) in [6.07, 6.45) is 2.73. The molecule has 0 N–H and O–H groups in total. The van der Waals surface area contributed by atoms with Crippen LogP contribution < -0.4 is 4.74 Å². The number of benzene rings is 2. The van der Waals surface area contributed by atoms with E-state index in [1.54, 1.807) is 7.11 Å². The molecule has 0 amide bonds. The Morgan fingerprint density at radius 1 is 0.926 bits per heavy atom. The van der Waals surface area contributed by atoms with Gasteiger partial charge in [0, 0.05) is 45.8 Å². The van der Waals surface area contributed by atoms with Crippen molar-refractivity contribution >= 4 is 10.8 Å². The molecule has 0 radical (unpaired) electrons. The molecular formula is C23H33N3O. The van der Waals surface area contributed by atoms with Crippen LogP contribution in [0.4, 0.5) is 0 Å². The highest BCUT2D eigenvalue weighted by molar-refractivity contribution is 5.84. The van der Waals surface area contributed by atoms with Crippen LogP contribution in [0.5, 0.6) is 5.75 Å². The summed E-state index contributed by atoms with van der Waals surface area (Å²) in [6.45, 7) is 9.74. The average molecular weight is 368 g/mol. The predicted molar refractivity (Wildman–Crippen MR) is 112 cm³/mol. The van der Waals surface area contributed by atoms with Crippen molar-refractivity contribution in [3.63, 3.8) is 0 Å². The van der Waals surface area contributed by atoms with Crippen molar-refractivity contribution in [2.45, 2.75) is 19.4 Å². The number of hydrogen-bond acceptors (Lipinski definition) is 4. The van der Waals surface area contributed by atoms with Gasteiger partial charge in [-0.1, -0.05) is 18.2 Å². The van der Waals surface area contributed by atoms with E-state index in [1.807, 2.05) is 0 Å². The van der Waals surface area contributed by atoms with Crippen molar-refractivity contribution in [2.75, 3.05) is 60.0 Å². The fourth-order valence-corrected chi connectivity index (χ4v) is 4.60. The third-order valence-electron chi connectivity index (χ3n) is 6.23. The lowest BCUT2D eigenvalue weighted by molar-refractivity contribution is 0.0966. The largest absolute Gasteiger partial charge is 0.497 e. The van der Waals surface area contributed by atoms with Gasteiger partial charge in [-0.25, -0.2) is 0 Å². The third-order valence-corrected chi connectivity index (χ3v) is 6.23. The molecular weight excluding hydrogens is 334 g/mol. The molecule has 4 heteroatoms. The van der Waals surface area contributed by atoms with Gasteiger partial charge in [0.25, 0.3) is 0 Å². The molecule has 2 aliphatic heterocycles. The smallest absolute Gasteiger partial charge is 0.119 e. The molecule has 0 saturated carbocycles. The van der Waals surface area contributed by atoms with E-state index >= 15 is 0 Å². The maximum atomic E-state index is 5.34. The summed E-state index contributed by atoms with van der Waals surface area (Å²) in [5, 5.41) is 2.56. The average Bonchev–Trinajstić information content (AvgIpc) is 2.69. The molecule has 1 atom stereocenters. The number of hydrogen-bond donors (Lipinski definition) is 0. The van der Waals surface area contributed by atoms with Crippen LogP contribution in [0.3, 0.4) is 0 Å². The number of methoxy groups -OCH3 is 1. The zero-order valence-corrected chi connectivity index (χ0v) is 16.9. The van der Waals surface area contributed by atoms with Gasteiger partial charge in [-0.3, -0.25) is 4.90 Å². The second-order valence-corrected chi connectivity index (χ2v) is 8.39. The number of fused-ring (bicyclic) bond motifs is 1. The Hall–Kier alpha value is -1.62. The summed E-state index contributed by atoms with van der Waals surface area (Å²) < 4.78 is 5.34. The third kappa shape index (κ3) is 4.81. The number of ether oxygens (including phenoxy) is 1. The first kappa shape index (κ1) is 18.7. The van der Waals surface area contributed by atoms with Crippen LogP contribution in [0.2, 0.25) is 0 Å². The minimum absolute atomic E-state index is 0.826. The molecule has 2 heterocycles. The maximum Gasteiger partial charge on any atom is 0.119 e. The lowest BCUT2D eigenvalue weighted by atomic mass is 9.96. The van der Waals surface area contributed by atoms with Gasteiger partial charge in [-0.2, -0.15) is 0 Å². The van der Waals surface area contributed by atoms with E-state index in [2.05, 4.69) is 58.1 Å². The second kappa shape index (κ2) is 8.59. The van der Waals surface area contributed by atoms with Crippen LogP contribution in [0.25, 0.3) is 10.8 Å². The molecule has 0 bridgehead atoms. The first-order chi connectivity index (χ1) is 13.2. The van der Waals surface area contributed by atoms with Crippen LogP contribution in [0.15, 0.2) is 36.4 Å². The SMILES string of the molecule is COc1ccc2cc(CN3CCC[C@@H](CN4CCN(C)CC4)C3)ccc2c1. The highest BCUT2D eigenvalue weighted by Gasteiger charge is 2.23. The van der Waals surface area contributed by atoms with Crippen LogP contribution in [-0.2, 0) is 6.54 Å². The Balaban J connectivity index is 1.35. The molecule has 2 aliphatic rings. The number of likely N-dealkylation sites (tertiary alicyclic amines) is 1. The number of nitrogens with zero attached hydrogens (tertiary/aromatic N) is 3. The van der Waals surface area contributed by atoms with Crippen LogP contribution >= 0.6 is 0 Å².